The molecule has 3 N–H and O–H groups in total. The molecule has 17 heavy (non-hydrogen) atoms. The van der Waals surface area contributed by atoms with E-state index in [0.29, 0.717) is 5.84 Å². The van der Waals surface area contributed by atoms with E-state index in [1.54, 1.807) is 0 Å². The molecule has 4 nitrogen and oxygen atoms in total. The highest BCUT2D eigenvalue weighted by atomic mass is 79.9. The van der Waals surface area contributed by atoms with Gasteiger partial charge in [-0.25, -0.2) is 4.98 Å². The molecule has 92 valence electrons. The van der Waals surface area contributed by atoms with E-state index in [4.69, 9.17) is 11.1 Å². The number of pyridine rings is 1. The predicted octanol–water partition coefficient (Wildman–Crippen LogP) is 2.30. The topological polar surface area (TPSA) is 66.0 Å². The van der Waals surface area contributed by atoms with Crippen LogP contribution in [0.1, 0.15) is 18.4 Å². The van der Waals surface area contributed by atoms with Gasteiger partial charge in [-0.15, -0.1) is 0 Å². The lowest BCUT2D eigenvalue weighted by Gasteiger charge is -2.33. The molecule has 1 atom stereocenters. The third-order valence-corrected chi connectivity index (χ3v) is 4.05. The molecule has 0 bridgehead atoms. The number of hydrogen-bond acceptors (Lipinski definition) is 3. The second kappa shape index (κ2) is 5.04. The van der Waals surface area contributed by atoms with Gasteiger partial charge >= 0.3 is 0 Å². The first kappa shape index (κ1) is 12.4. The molecule has 0 radical (unpaired) electrons. The first-order valence-electron chi connectivity index (χ1n) is 5.79. The fourth-order valence-corrected chi connectivity index (χ4v) is 2.35. The lowest BCUT2D eigenvalue weighted by molar-refractivity contribution is 0.500. The zero-order chi connectivity index (χ0) is 12.4. The number of rotatable bonds is 2. The highest BCUT2D eigenvalue weighted by molar-refractivity contribution is 9.10. The highest BCUT2D eigenvalue weighted by Gasteiger charge is 2.22. The molecule has 2 heterocycles. The molecule has 0 aliphatic carbocycles. The number of nitrogens with zero attached hydrogens (tertiary/aromatic N) is 2. The zero-order valence-corrected chi connectivity index (χ0v) is 11.5. The summed E-state index contributed by atoms with van der Waals surface area (Å²) in [5.41, 5.74) is 6.77. The van der Waals surface area contributed by atoms with Gasteiger partial charge in [0.2, 0.25) is 0 Å². The van der Waals surface area contributed by atoms with Crippen molar-refractivity contribution >= 4 is 27.6 Å². The summed E-state index contributed by atoms with van der Waals surface area (Å²) in [5.74, 6) is 1.45. The molecule has 0 aromatic carbocycles. The van der Waals surface area contributed by atoms with Gasteiger partial charge < -0.3 is 10.6 Å². The number of nitrogens with one attached hydrogen (secondary N) is 1. The van der Waals surface area contributed by atoms with E-state index in [1.165, 1.54) is 5.56 Å². The van der Waals surface area contributed by atoms with Crippen LogP contribution in [-0.4, -0.2) is 23.9 Å². The molecule has 1 unspecified atom stereocenters. The van der Waals surface area contributed by atoms with E-state index in [2.05, 4.69) is 38.8 Å². The number of halogens is 1. The monoisotopic (exact) mass is 296 g/mol. The molecule has 0 saturated carbocycles. The van der Waals surface area contributed by atoms with Crippen molar-refractivity contribution in [1.82, 2.24) is 4.98 Å². The molecule has 1 aliphatic rings. The van der Waals surface area contributed by atoms with Crippen LogP contribution in [0.3, 0.4) is 0 Å². The SMILES string of the molecule is Cc1cc(N2CCCC(C(=N)N)C2)ncc1Br. The molecule has 1 saturated heterocycles. The van der Waals surface area contributed by atoms with Gasteiger partial charge in [0.05, 0.1) is 5.84 Å². The van der Waals surface area contributed by atoms with Gasteiger partial charge in [-0.3, -0.25) is 5.41 Å². The Kier molecular flexibility index (Phi) is 3.66. The van der Waals surface area contributed by atoms with Crippen molar-refractivity contribution in [1.29, 1.82) is 5.41 Å². The number of anilines is 1. The highest BCUT2D eigenvalue weighted by Crippen LogP contribution is 2.24. The zero-order valence-electron chi connectivity index (χ0n) is 9.91. The van der Waals surface area contributed by atoms with Gasteiger partial charge in [-0.05, 0) is 47.3 Å². The van der Waals surface area contributed by atoms with E-state index in [0.717, 1.165) is 36.2 Å². The molecular weight excluding hydrogens is 280 g/mol. The maximum absolute atomic E-state index is 7.54. The van der Waals surface area contributed by atoms with Crippen molar-refractivity contribution in [2.45, 2.75) is 19.8 Å². The minimum Gasteiger partial charge on any atom is -0.387 e. The standard InChI is InChI=1S/C12H17BrN4/c1-8-5-11(16-6-10(8)13)17-4-2-3-9(7-17)12(14)15/h5-6,9H,2-4,7H2,1H3,(H3,14,15). The van der Waals surface area contributed by atoms with Crippen molar-refractivity contribution in [3.05, 3.63) is 22.3 Å². The number of hydrogen-bond donors (Lipinski definition) is 2. The fourth-order valence-electron chi connectivity index (χ4n) is 2.14. The molecule has 0 amide bonds. The Morgan fingerprint density at radius 2 is 2.41 bits per heavy atom. The smallest absolute Gasteiger partial charge is 0.128 e. The molecule has 1 aromatic rings. The lowest BCUT2D eigenvalue weighted by Crippen LogP contribution is -2.41. The molecule has 1 aromatic heterocycles. The number of piperidine rings is 1. The van der Waals surface area contributed by atoms with Gasteiger partial charge in [0, 0.05) is 29.7 Å². The maximum atomic E-state index is 7.54. The first-order valence-corrected chi connectivity index (χ1v) is 6.58. The van der Waals surface area contributed by atoms with Crippen molar-refractivity contribution in [3.8, 4) is 0 Å². The van der Waals surface area contributed by atoms with Crippen molar-refractivity contribution in [2.75, 3.05) is 18.0 Å². The van der Waals surface area contributed by atoms with Gasteiger partial charge in [0.1, 0.15) is 5.82 Å². The Balaban J connectivity index is 2.16. The van der Waals surface area contributed by atoms with Crippen molar-refractivity contribution in [2.24, 2.45) is 11.7 Å². The van der Waals surface area contributed by atoms with Crippen molar-refractivity contribution in [3.63, 3.8) is 0 Å². The van der Waals surface area contributed by atoms with E-state index < -0.39 is 0 Å². The minimum atomic E-state index is 0.175. The van der Waals surface area contributed by atoms with Crippen LogP contribution in [0.4, 0.5) is 5.82 Å². The number of amidine groups is 1. The summed E-state index contributed by atoms with van der Waals surface area (Å²) < 4.78 is 1.03. The third-order valence-electron chi connectivity index (χ3n) is 3.22. The Bertz CT molecular complexity index is 433. The summed E-state index contributed by atoms with van der Waals surface area (Å²) in [6.45, 7) is 3.86. The van der Waals surface area contributed by atoms with Crippen LogP contribution in [-0.2, 0) is 0 Å². The molecule has 1 aliphatic heterocycles. The van der Waals surface area contributed by atoms with Crippen LogP contribution in [0, 0.1) is 18.3 Å². The third kappa shape index (κ3) is 2.77. The second-order valence-corrected chi connectivity index (χ2v) is 5.39. The van der Waals surface area contributed by atoms with Crippen LogP contribution in [0.2, 0.25) is 0 Å². The number of aromatic nitrogens is 1. The molecule has 0 spiro atoms. The van der Waals surface area contributed by atoms with Crippen molar-refractivity contribution < 1.29 is 0 Å². The fraction of sp³-hybridized carbons (Fsp3) is 0.500. The Hall–Kier alpha value is -1.10. The predicted molar refractivity (Wildman–Crippen MR) is 73.5 cm³/mol. The van der Waals surface area contributed by atoms with Gasteiger partial charge in [-0.1, -0.05) is 0 Å². The van der Waals surface area contributed by atoms with E-state index in [1.807, 2.05) is 6.20 Å². The Morgan fingerprint density at radius 3 is 3.06 bits per heavy atom. The molecule has 2 rings (SSSR count). The average molecular weight is 297 g/mol. The second-order valence-electron chi connectivity index (χ2n) is 4.53. The van der Waals surface area contributed by atoms with Crippen LogP contribution in [0.5, 0.6) is 0 Å². The maximum Gasteiger partial charge on any atom is 0.128 e. The normalized spacial score (nSPS) is 20.4. The summed E-state index contributed by atoms with van der Waals surface area (Å²) in [6, 6.07) is 2.08. The Morgan fingerprint density at radius 1 is 1.65 bits per heavy atom. The van der Waals surface area contributed by atoms with Gasteiger partial charge in [0.25, 0.3) is 0 Å². The Labute approximate surface area is 110 Å². The van der Waals surface area contributed by atoms with Crippen LogP contribution in [0.15, 0.2) is 16.7 Å². The van der Waals surface area contributed by atoms with E-state index in [9.17, 15) is 0 Å². The molecule has 1 fully saturated rings. The number of nitrogens with two attached hydrogens (primary N) is 1. The molecule has 5 heteroatoms. The summed E-state index contributed by atoms with van der Waals surface area (Å²) in [5, 5.41) is 7.54. The van der Waals surface area contributed by atoms with Gasteiger partial charge in [0.15, 0.2) is 0 Å². The summed E-state index contributed by atoms with van der Waals surface area (Å²) in [7, 11) is 0. The van der Waals surface area contributed by atoms with Crippen LogP contribution >= 0.6 is 15.9 Å². The quantitative estimate of drug-likeness (QED) is 0.650. The minimum absolute atomic E-state index is 0.175. The largest absolute Gasteiger partial charge is 0.387 e. The summed E-state index contributed by atoms with van der Waals surface area (Å²) >= 11 is 3.45. The summed E-state index contributed by atoms with van der Waals surface area (Å²) in [6.07, 6.45) is 3.92. The van der Waals surface area contributed by atoms with E-state index in [-0.39, 0.29) is 5.92 Å². The lowest BCUT2D eigenvalue weighted by atomic mass is 9.97. The molecular formula is C12H17BrN4. The first-order chi connectivity index (χ1) is 8.08. The van der Waals surface area contributed by atoms with E-state index >= 15 is 0 Å². The van der Waals surface area contributed by atoms with Gasteiger partial charge in [-0.2, -0.15) is 0 Å². The van der Waals surface area contributed by atoms with Crippen LogP contribution in [0.25, 0.3) is 0 Å². The average Bonchev–Trinajstić information content (AvgIpc) is 2.33. The number of aryl methyl sites for hydroxylation is 1. The summed E-state index contributed by atoms with van der Waals surface area (Å²) in [4.78, 5) is 6.64. The van der Waals surface area contributed by atoms with Crippen LogP contribution < -0.4 is 10.6 Å².